The number of likely N-dealkylation sites (N-methyl/N-ethyl adjacent to an activating group) is 1. The number of rotatable bonds is 5. The molecule has 0 aliphatic rings. The van der Waals surface area contributed by atoms with Gasteiger partial charge in [-0.1, -0.05) is 36.2 Å². The smallest absolute Gasteiger partial charge is 0.142 e. The van der Waals surface area contributed by atoms with E-state index in [1.165, 1.54) is 6.07 Å². The van der Waals surface area contributed by atoms with Crippen LogP contribution in [-0.4, -0.2) is 6.54 Å². The first-order valence-corrected chi connectivity index (χ1v) is 8.07. The molecular weight excluding hydrogens is 316 g/mol. The Morgan fingerprint density at radius 3 is 2.65 bits per heavy atom. The minimum Gasteiger partial charge on any atom is -0.309 e. The highest BCUT2D eigenvalue weighted by atomic mass is 35.5. The fraction of sp³-hybridized carbons (Fsp3) is 0.333. The van der Waals surface area contributed by atoms with Crippen LogP contribution in [0, 0.1) is 12.7 Å². The predicted molar refractivity (Wildman–Crippen MR) is 85.6 cm³/mol. The van der Waals surface area contributed by atoms with E-state index in [9.17, 15) is 4.39 Å². The van der Waals surface area contributed by atoms with Crippen LogP contribution in [0.15, 0.2) is 23.6 Å². The zero-order chi connectivity index (χ0) is 14.7. The lowest BCUT2D eigenvalue weighted by Crippen LogP contribution is -2.22. The van der Waals surface area contributed by atoms with E-state index in [-0.39, 0.29) is 16.9 Å². The molecule has 5 heteroatoms. The van der Waals surface area contributed by atoms with Crippen molar-refractivity contribution < 1.29 is 4.39 Å². The lowest BCUT2D eigenvalue weighted by molar-refractivity contribution is 0.554. The highest BCUT2D eigenvalue weighted by Gasteiger charge is 2.18. The zero-order valence-corrected chi connectivity index (χ0v) is 13.7. The molecule has 1 aromatic heterocycles. The maximum Gasteiger partial charge on any atom is 0.142 e. The van der Waals surface area contributed by atoms with Crippen LogP contribution in [0.1, 0.15) is 29.0 Å². The van der Waals surface area contributed by atoms with E-state index in [4.69, 9.17) is 23.2 Å². The van der Waals surface area contributed by atoms with Crippen molar-refractivity contribution in [2.45, 2.75) is 26.3 Å². The summed E-state index contributed by atoms with van der Waals surface area (Å²) in [6.07, 6.45) is 0.682. The second-order valence-electron chi connectivity index (χ2n) is 4.66. The summed E-state index contributed by atoms with van der Waals surface area (Å²) in [6, 6.07) is 5.02. The maximum atomic E-state index is 13.5. The molecule has 1 heterocycles. The molecule has 1 nitrogen and oxygen atoms in total. The van der Waals surface area contributed by atoms with Gasteiger partial charge in [0.05, 0.1) is 10.0 Å². The highest BCUT2D eigenvalue weighted by molar-refractivity contribution is 7.10. The molecule has 1 unspecified atom stereocenters. The largest absolute Gasteiger partial charge is 0.309 e. The molecule has 0 saturated heterocycles. The van der Waals surface area contributed by atoms with Crippen molar-refractivity contribution >= 4 is 34.5 Å². The molecule has 0 saturated carbocycles. The number of benzene rings is 1. The number of hydrogen-bond donors (Lipinski definition) is 1. The van der Waals surface area contributed by atoms with Gasteiger partial charge in [0.2, 0.25) is 0 Å². The van der Waals surface area contributed by atoms with Gasteiger partial charge in [-0.25, -0.2) is 4.39 Å². The van der Waals surface area contributed by atoms with Crippen LogP contribution in [0.3, 0.4) is 0 Å². The van der Waals surface area contributed by atoms with Gasteiger partial charge in [-0.05, 0) is 48.5 Å². The maximum absolute atomic E-state index is 13.5. The Kier molecular flexibility index (Phi) is 5.44. The lowest BCUT2D eigenvalue weighted by atomic mass is 10.0. The van der Waals surface area contributed by atoms with Gasteiger partial charge in [0.25, 0.3) is 0 Å². The van der Waals surface area contributed by atoms with Crippen LogP contribution in [-0.2, 0) is 6.42 Å². The first-order valence-electron chi connectivity index (χ1n) is 6.43. The summed E-state index contributed by atoms with van der Waals surface area (Å²) in [5, 5.41) is 6.41. The Morgan fingerprint density at radius 1 is 1.35 bits per heavy atom. The summed E-state index contributed by atoms with van der Waals surface area (Å²) in [5.41, 5.74) is 1.98. The standard InChI is InChI=1S/C15H16Cl2FNS/c1-3-19-13(15-14(17)9(2)8-20-15)7-10-4-5-11(16)12(18)6-10/h4-6,8,13,19H,3,7H2,1-2H3. The van der Waals surface area contributed by atoms with Gasteiger partial charge in [-0.2, -0.15) is 0 Å². The van der Waals surface area contributed by atoms with Crippen molar-refractivity contribution in [3.05, 3.63) is 55.4 Å². The summed E-state index contributed by atoms with van der Waals surface area (Å²) >= 11 is 13.7. The van der Waals surface area contributed by atoms with Crippen LogP contribution in [0.2, 0.25) is 10.0 Å². The molecule has 0 aliphatic heterocycles. The van der Waals surface area contributed by atoms with E-state index in [1.54, 1.807) is 17.4 Å². The van der Waals surface area contributed by atoms with E-state index in [0.717, 1.165) is 27.6 Å². The minimum absolute atomic E-state index is 0.0896. The number of thiophene rings is 1. The van der Waals surface area contributed by atoms with Crippen molar-refractivity contribution in [2.75, 3.05) is 6.54 Å². The first-order chi connectivity index (χ1) is 9.52. The average molecular weight is 332 g/mol. The van der Waals surface area contributed by atoms with Crippen molar-refractivity contribution in [3.8, 4) is 0 Å². The molecule has 0 spiro atoms. The van der Waals surface area contributed by atoms with E-state index in [1.807, 2.05) is 25.3 Å². The Bertz CT molecular complexity index is 598. The summed E-state index contributed by atoms with van der Waals surface area (Å²) in [5.74, 6) is -0.382. The SMILES string of the molecule is CCNC(Cc1ccc(Cl)c(F)c1)c1scc(C)c1Cl. The number of halogens is 3. The van der Waals surface area contributed by atoms with Crippen LogP contribution >= 0.6 is 34.5 Å². The molecule has 108 valence electrons. The third-order valence-electron chi connectivity index (χ3n) is 3.12. The Labute approximate surface area is 132 Å². The molecule has 0 radical (unpaired) electrons. The van der Waals surface area contributed by atoms with E-state index in [0.29, 0.717) is 6.42 Å². The van der Waals surface area contributed by atoms with E-state index >= 15 is 0 Å². The van der Waals surface area contributed by atoms with Gasteiger partial charge in [-0.3, -0.25) is 0 Å². The summed E-state index contributed by atoms with van der Waals surface area (Å²) in [7, 11) is 0. The number of nitrogens with one attached hydrogen (secondary N) is 1. The molecule has 2 aromatic rings. The molecule has 2 rings (SSSR count). The molecule has 0 amide bonds. The van der Waals surface area contributed by atoms with Gasteiger partial charge in [0.15, 0.2) is 0 Å². The normalized spacial score (nSPS) is 12.7. The molecule has 1 N–H and O–H groups in total. The Hall–Kier alpha value is -0.610. The highest BCUT2D eigenvalue weighted by Crippen LogP contribution is 2.34. The number of hydrogen-bond acceptors (Lipinski definition) is 2. The fourth-order valence-electron chi connectivity index (χ4n) is 2.09. The second-order valence-corrected chi connectivity index (χ2v) is 6.36. The fourth-order valence-corrected chi connectivity index (χ4v) is 3.61. The average Bonchev–Trinajstić information content (AvgIpc) is 2.74. The topological polar surface area (TPSA) is 12.0 Å². The van der Waals surface area contributed by atoms with Crippen molar-refractivity contribution in [1.29, 1.82) is 0 Å². The van der Waals surface area contributed by atoms with Crippen molar-refractivity contribution in [3.63, 3.8) is 0 Å². The third kappa shape index (κ3) is 3.53. The van der Waals surface area contributed by atoms with Gasteiger partial charge in [0, 0.05) is 10.9 Å². The summed E-state index contributed by atoms with van der Waals surface area (Å²) in [6.45, 7) is 4.87. The van der Waals surface area contributed by atoms with E-state index in [2.05, 4.69) is 5.32 Å². The summed E-state index contributed by atoms with van der Waals surface area (Å²) < 4.78 is 13.5. The molecule has 1 aromatic carbocycles. The van der Waals surface area contributed by atoms with Gasteiger partial charge in [-0.15, -0.1) is 11.3 Å². The first kappa shape index (κ1) is 15.8. The Balaban J connectivity index is 2.25. The van der Waals surface area contributed by atoms with Gasteiger partial charge in [0.1, 0.15) is 5.82 Å². The van der Waals surface area contributed by atoms with Crippen LogP contribution in [0.25, 0.3) is 0 Å². The molecule has 0 bridgehead atoms. The van der Waals surface area contributed by atoms with E-state index < -0.39 is 0 Å². The molecular formula is C15H16Cl2FNS. The van der Waals surface area contributed by atoms with Gasteiger partial charge >= 0.3 is 0 Å². The van der Waals surface area contributed by atoms with Crippen molar-refractivity contribution in [1.82, 2.24) is 5.32 Å². The number of aryl methyl sites for hydroxylation is 1. The molecule has 0 fully saturated rings. The van der Waals surface area contributed by atoms with Crippen LogP contribution < -0.4 is 5.32 Å². The lowest BCUT2D eigenvalue weighted by Gasteiger charge is -2.17. The predicted octanol–water partition coefficient (Wildman–Crippen LogP) is 5.40. The zero-order valence-electron chi connectivity index (χ0n) is 11.3. The van der Waals surface area contributed by atoms with Crippen LogP contribution in [0.5, 0.6) is 0 Å². The molecule has 0 aliphatic carbocycles. The van der Waals surface area contributed by atoms with Crippen LogP contribution in [0.4, 0.5) is 4.39 Å². The molecule has 20 heavy (non-hydrogen) atoms. The Morgan fingerprint density at radius 2 is 2.10 bits per heavy atom. The quantitative estimate of drug-likeness (QED) is 0.773. The minimum atomic E-state index is -0.382. The van der Waals surface area contributed by atoms with Crippen molar-refractivity contribution in [2.24, 2.45) is 0 Å². The molecule has 1 atom stereocenters. The third-order valence-corrected chi connectivity index (χ3v) is 5.25. The summed E-state index contributed by atoms with van der Waals surface area (Å²) in [4.78, 5) is 1.10. The second kappa shape index (κ2) is 6.90. The van der Waals surface area contributed by atoms with Gasteiger partial charge < -0.3 is 5.32 Å². The monoisotopic (exact) mass is 331 g/mol.